The molecule has 63 heavy (non-hydrogen) atoms. The topological polar surface area (TPSA) is 192 Å². The van der Waals surface area contributed by atoms with Gasteiger partial charge in [-0.15, -0.1) is 0 Å². The van der Waals surface area contributed by atoms with Crippen LogP contribution in [0.15, 0.2) is 12.2 Å². The Morgan fingerprint density at radius 3 is 1.38 bits per heavy atom. The van der Waals surface area contributed by atoms with Crippen LogP contribution >= 0.6 is 0 Å². The summed E-state index contributed by atoms with van der Waals surface area (Å²) in [6.07, 6.45) is 38.2. The summed E-state index contributed by atoms with van der Waals surface area (Å²) in [4.78, 5) is 13.1. The van der Waals surface area contributed by atoms with Gasteiger partial charge in [0, 0.05) is 6.42 Å². The maximum Gasteiger partial charge on any atom is 0.397 e. The molecule has 13 heteroatoms. The molecule has 1 aliphatic heterocycles. The van der Waals surface area contributed by atoms with Crippen LogP contribution in [0.4, 0.5) is 0 Å². The van der Waals surface area contributed by atoms with Crippen molar-refractivity contribution in [3.63, 3.8) is 0 Å². The van der Waals surface area contributed by atoms with Gasteiger partial charge in [-0.3, -0.25) is 9.35 Å². The fraction of sp³-hybridized carbons (Fsp3) is 0.940. The maximum atomic E-state index is 13.1. The first kappa shape index (κ1) is 59.9. The number of allylic oxidation sites excluding steroid dienone is 1. The molecule has 0 aromatic carbocycles. The molecule has 6 N–H and O–H groups in total. The second-order valence-electron chi connectivity index (χ2n) is 18.5. The van der Waals surface area contributed by atoms with Crippen LogP contribution in [0.1, 0.15) is 245 Å². The van der Waals surface area contributed by atoms with Crippen LogP contribution in [-0.2, 0) is 28.9 Å². The largest absolute Gasteiger partial charge is 0.397 e. The van der Waals surface area contributed by atoms with Gasteiger partial charge in [-0.2, -0.15) is 8.42 Å². The first-order chi connectivity index (χ1) is 30.5. The number of hydrogen-bond acceptors (Lipinski definition) is 10. The van der Waals surface area contributed by atoms with Gasteiger partial charge in [-0.25, -0.2) is 4.18 Å². The molecule has 7 atom stereocenters. The van der Waals surface area contributed by atoms with E-state index in [1.54, 1.807) is 6.08 Å². The van der Waals surface area contributed by atoms with E-state index in [1.165, 1.54) is 180 Å². The highest BCUT2D eigenvalue weighted by Crippen LogP contribution is 2.26. The highest BCUT2D eigenvalue weighted by atomic mass is 32.3. The van der Waals surface area contributed by atoms with E-state index >= 15 is 0 Å². The van der Waals surface area contributed by atoms with Gasteiger partial charge in [0.25, 0.3) is 0 Å². The molecule has 1 amide bonds. The second kappa shape index (κ2) is 41.1. The zero-order valence-corrected chi connectivity index (χ0v) is 41.0. The number of unbranched alkanes of at least 4 members (excludes halogenated alkanes) is 33. The number of carbonyl (C=O) groups is 1. The number of aliphatic hydroxyl groups excluding tert-OH is 4. The molecule has 0 aliphatic carbocycles. The van der Waals surface area contributed by atoms with E-state index < -0.39 is 59.9 Å². The van der Waals surface area contributed by atoms with Crippen molar-refractivity contribution in [3.8, 4) is 0 Å². The number of carbonyl (C=O) groups excluding carboxylic acids is 1. The van der Waals surface area contributed by atoms with Crippen LogP contribution in [0.2, 0.25) is 0 Å². The molecule has 0 aromatic heterocycles. The molecule has 1 rings (SSSR count). The Morgan fingerprint density at radius 1 is 0.619 bits per heavy atom. The molecule has 7 unspecified atom stereocenters. The summed E-state index contributed by atoms with van der Waals surface area (Å²) in [6, 6.07) is -0.938. The van der Waals surface area contributed by atoms with Crippen molar-refractivity contribution < 1.29 is 51.8 Å². The average molecular weight is 920 g/mol. The normalized spacial score (nSPS) is 20.4. The summed E-state index contributed by atoms with van der Waals surface area (Å²) in [5.41, 5.74) is 0. The standard InChI is InChI=1S/C50H97NO11S/c1-3-5-7-9-11-13-15-17-19-20-21-22-23-24-26-28-30-32-34-36-38-40-46(54)51-43(42-60-50-48(56)49(62-63(57,58)59)47(55)45(41-52)61-50)44(53)39-37-35-33-31-29-27-25-18-16-14-12-10-8-6-4-2/h37,39,43-45,47-50,52-53,55-56H,3-36,38,40-42H2,1-2H3,(H,51,54)(H,57,58,59)/b39-37+. The fourth-order valence-corrected chi connectivity index (χ4v) is 9.02. The Labute approximate surface area is 385 Å². The highest BCUT2D eigenvalue weighted by molar-refractivity contribution is 7.80. The molecular formula is C50H97NO11S. The van der Waals surface area contributed by atoms with Crippen LogP contribution in [-0.4, -0.2) is 95.4 Å². The van der Waals surface area contributed by atoms with E-state index in [1.807, 2.05) is 6.08 Å². The lowest BCUT2D eigenvalue weighted by Gasteiger charge is -2.41. The summed E-state index contributed by atoms with van der Waals surface area (Å²) < 4.78 is 47.7. The summed E-state index contributed by atoms with van der Waals surface area (Å²) in [6.45, 7) is 3.42. The van der Waals surface area contributed by atoms with Gasteiger partial charge < -0.3 is 35.2 Å². The highest BCUT2D eigenvalue weighted by Gasteiger charge is 2.48. The number of rotatable bonds is 45. The zero-order valence-electron chi connectivity index (χ0n) is 40.2. The molecule has 1 saturated heterocycles. The minimum atomic E-state index is -5.08. The van der Waals surface area contributed by atoms with Crippen molar-refractivity contribution >= 4 is 16.3 Å². The maximum absolute atomic E-state index is 13.1. The number of hydrogen-bond donors (Lipinski definition) is 6. The summed E-state index contributed by atoms with van der Waals surface area (Å²) >= 11 is 0. The summed E-state index contributed by atoms with van der Waals surface area (Å²) in [5, 5.41) is 44.8. The Hall–Kier alpha value is -1.16. The molecule has 1 fully saturated rings. The van der Waals surface area contributed by atoms with Gasteiger partial charge in [-0.1, -0.05) is 231 Å². The van der Waals surface area contributed by atoms with Crippen LogP contribution in [0.3, 0.4) is 0 Å². The van der Waals surface area contributed by atoms with Gasteiger partial charge in [0.2, 0.25) is 5.91 Å². The minimum absolute atomic E-state index is 0.258. The van der Waals surface area contributed by atoms with E-state index in [4.69, 9.17) is 9.47 Å². The number of ether oxygens (including phenoxy) is 2. The van der Waals surface area contributed by atoms with Crippen LogP contribution in [0.25, 0.3) is 0 Å². The van der Waals surface area contributed by atoms with Crippen molar-refractivity contribution in [1.82, 2.24) is 5.32 Å². The molecule has 374 valence electrons. The van der Waals surface area contributed by atoms with Crippen LogP contribution in [0, 0.1) is 0 Å². The minimum Gasteiger partial charge on any atom is -0.394 e. The third kappa shape index (κ3) is 33.9. The van der Waals surface area contributed by atoms with Crippen LogP contribution < -0.4 is 5.32 Å². The molecule has 0 radical (unpaired) electrons. The predicted molar refractivity (Wildman–Crippen MR) is 255 cm³/mol. The lowest BCUT2D eigenvalue weighted by Crippen LogP contribution is -2.61. The smallest absolute Gasteiger partial charge is 0.394 e. The summed E-state index contributed by atoms with van der Waals surface area (Å²) in [7, 11) is -5.08. The van der Waals surface area contributed by atoms with Crippen LogP contribution in [0.5, 0.6) is 0 Å². The van der Waals surface area contributed by atoms with E-state index in [0.29, 0.717) is 6.42 Å². The number of aliphatic hydroxyl groups is 4. The second-order valence-corrected chi connectivity index (χ2v) is 19.5. The molecular weight excluding hydrogens is 823 g/mol. The Morgan fingerprint density at radius 2 is 1.00 bits per heavy atom. The Bertz CT molecular complexity index is 1180. The van der Waals surface area contributed by atoms with Gasteiger partial charge in [0.05, 0.1) is 25.4 Å². The van der Waals surface area contributed by atoms with Crippen molar-refractivity contribution in [2.45, 2.75) is 288 Å². The predicted octanol–water partition coefficient (Wildman–Crippen LogP) is 11.1. The molecule has 0 spiro atoms. The van der Waals surface area contributed by atoms with Crippen molar-refractivity contribution in [2.75, 3.05) is 13.2 Å². The Balaban J connectivity index is 2.42. The van der Waals surface area contributed by atoms with Crippen molar-refractivity contribution in [2.24, 2.45) is 0 Å². The first-order valence-electron chi connectivity index (χ1n) is 26.1. The molecule has 12 nitrogen and oxygen atoms in total. The summed E-state index contributed by atoms with van der Waals surface area (Å²) in [5.74, 6) is -0.258. The van der Waals surface area contributed by atoms with E-state index in [0.717, 1.165) is 38.5 Å². The zero-order chi connectivity index (χ0) is 46.2. The quantitative estimate of drug-likeness (QED) is 0.0193. The third-order valence-corrected chi connectivity index (χ3v) is 13.0. The van der Waals surface area contributed by atoms with E-state index in [9.17, 15) is 38.2 Å². The monoisotopic (exact) mass is 920 g/mol. The lowest BCUT2D eigenvalue weighted by atomic mass is 9.99. The average Bonchev–Trinajstić information content (AvgIpc) is 3.25. The first-order valence-corrected chi connectivity index (χ1v) is 27.4. The third-order valence-electron chi connectivity index (χ3n) is 12.6. The Kier molecular flexibility index (Phi) is 39.0. The van der Waals surface area contributed by atoms with E-state index in [2.05, 4.69) is 23.3 Å². The van der Waals surface area contributed by atoms with Crippen molar-refractivity contribution in [3.05, 3.63) is 12.2 Å². The lowest BCUT2D eigenvalue weighted by molar-refractivity contribution is -0.298. The van der Waals surface area contributed by atoms with Gasteiger partial charge >= 0.3 is 10.4 Å². The van der Waals surface area contributed by atoms with Gasteiger partial charge in [-0.05, 0) is 19.3 Å². The SMILES string of the molecule is CCCCCCCCCCCCCCC/C=C/C(O)C(COC1OC(CO)C(O)C(OS(=O)(=O)O)C1O)NC(=O)CCCCCCCCCCCCCCCCCCCCCCC. The molecule has 1 heterocycles. The van der Waals surface area contributed by atoms with Gasteiger partial charge in [0.1, 0.15) is 24.4 Å². The fourth-order valence-electron chi connectivity index (χ4n) is 8.52. The van der Waals surface area contributed by atoms with E-state index in [-0.39, 0.29) is 18.9 Å². The molecule has 1 aliphatic rings. The molecule has 0 bridgehead atoms. The number of nitrogens with one attached hydrogen (secondary N) is 1. The van der Waals surface area contributed by atoms with Crippen molar-refractivity contribution in [1.29, 1.82) is 0 Å². The van der Waals surface area contributed by atoms with Gasteiger partial charge in [0.15, 0.2) is 6.29 Å². The number of amides is 1. The molecule has 0 aromatic rings. The molecule has 0 saturated carbocycles.